The van der Waals surface area contributed by atoms with Gasteiger partial charge in [-0.05, 0) is 43.7 Å². The highest BCUT2D eigenvalue weighted by Gasteiger charge is 2.21. The minimum absolute atomic E-state index is 0. The van der Waals surface area contributed by atoms with Gasteiger partial charge < -0.3 is 30.2 Å². The molecule has 0 spiro atoms. The van der Waals surface area contributed by atoms with E-state index in [1.54, 1.807) is 14.2 Å². The molecule has 2 aromatic rings. The molecule has 0 radical (unpaired) electrons. The van der Waals surface area contributed by atoms with Gasteiger partial charge in [-0.3, -0.25) is 4.99 Å². The topological polar surface area (TPSA) is 76.1 Å². The summed E-state index contributed by atoms with van der Waals surface area (Å²) in [5.41, 5.74) is 4.53. The smallest absolute Gasteiger partial charge is 0.191 e. The number of benzene rings is 2. The average molecular weight is 554 g/mol. The summed E-state index contributed by atoms with van der Waals surface area (Å²) < 4.78 is 16.8. The van der Waals surface area contributed by atoms with Gasteiger partial charge in [0.05, 0.1) is 13.2 Å². The first-order valence-corrected chi connectivity index (χ1v) is 10.8. The number of hydrogen-bond donors (Lipinski definition) is 3. The number of guanidine groups is 1. The van der Waals surface area contributed by atoms with E-state index in [0.717, 1.165) is 41.7 Å². The van der Waals surface area contributed by atoms with Gasteiger partial charge in [0.1, 0.15) is 17.6 Å². The van der Waals surface area contributed by atoms with E-state index >= 15 is 0 Å². The molecular formula is C24H35IN4O3. The second kappa shape index (κ2) is 13.4. The van der Waals surface area contributed by atoms with Crippen molar-refractivity contribution in [2.24, 2.45) is 4.99 Å². The number of aliphatic imine (C=N–C) groups is 1. The number of halogens is 1. The Labute approximate surface area is 208 Å². The molecule has 2 aromatic carbocycles. The summed E-state index contributed by atoms with van der Waals surface area (Å²) >= 11 is 0. The second-order valence-corrected chi connectivity index (χ2v) is 7.53. The SMILES string of the molecule is CCOc1cc2c(cc1CNC(=NC)NCc1ccc(NCCOC)cc1)OC(C)C2.I. The lowest BCUT2D eigenvalue weighted by molar-refractivity contribution is 0.211. The molecule has 3 rings (SSSR count). The normalized spacial score (nSPS) is 14.8. The molecule has 7 nitrogen and oxygen atoms in total. The largest absolute Gasteiger partial charge is 0.494 e. The van der Waals surface area contributed by atoms with Gasteiger partial charge in [-0.2, -0.15) is 0 Å². The summed E-state index contributed by atoms with van der Waals surface area (Å²) in [4.78, 5) is 4.34. The molecule has 3 N–H and O–H groups in total. The molecule has 0 bridgehead atoms. The van der Waals surface area contributed by atoms with Crippen LogP contribution in [0.15, 0.2) is 41.4 Å². The highest BCUT2D eigenvalue weighted by molar-refractivity contribution is 14.0. The first kappa shape index (κ1) is 26.1. The number of methoxy groups -OCH3 is 1. The molecular weight excluding hydrogens is 519 g/mol. The number of hydrogen-bond acceptors (Lipinski definition) is 5. The molecule has 1 atom stereocenters. The van der Waals surface area contributed by atoms with Crippen LogP contribution >= 0.6 is 24.0 Å². The lowest BCUT2D eigenvalue weighted by Crippen LogP contribution is -2.36. The lowest BCUT2D eigenvalue weighted by atomic mass is 10.1. The van der Waals surface area contributed by atoms with Gasteiger partial charge in [-0.25, -0.2) is 0 Å². The average Bonchev–Trinajstić information content (AvgIpc) is 3.14. The Kier molecular flexibility index (Phi) is 10.9. The predicted molar refractivity (Wildman–Crippen MR) is 141 cm³/mol. The number of nitrogens with zero attached hydrogens (tertiary/aromatic N) is 1. The van der Waals surface area contributed by atoms with Crippen molar-refractivity contribution in [1.82, 2.24) is 10.6 Å². The van der Waals surface area contributed by atoms with Crippen LogP contribution in [-0.2, 0) is 24.2 Å². The van der Waals surface area contributed by atoms with Crippen LogP contribution in [0.2, 0.25) is 0 Å². The van der Waals surface area contributed by atoms with Crippen LogP contribution < -0.4 is 25.4 Å². The monoisotopic (exact) mass is 554 g/mol. The maximum absolute atomic E-state index is 5.92. The second-order valence-electron chi connectivity index (χ2n) is 7.53. The molecule has 0 saturated carbocycles. The minimum atomic E-state index is 0. The fourth-order valence-corrected chi connectivity index (χ4v) is 3.53. The van der Waals surface area contributed by atoms with Gasteiger partial charge in [-0.15, -0.1) is 24.0 Å². The molecule has 1 unspecified atom stereocenters. The fraction of sp³-hybridized carbons (Fsp3) is 0.458. The number of nitrogens with one attached hydrogen (secondary N) is 3. The van der Waals surface area contributed by atoms with Crippen molar-refractivity contribution in [3.63, 3.8) is 0 Å². The van der Waals surface area contributed by atoms with E-state index in [0.29, 0.717) is 26.3 Å². The summed E-state index contributed by atoms with van der Waals surface area (Å²) in [6.07, 6.45) is 1.14. The maximum Gasteiger partial charge on any atom is 0.191 e. The van der Waals surface area contributed by atoms with Gasteiger partial charge in [0.2, 0.25) is 0 Å². The lowest BCUT2D eigenvalue weighted by Gasteiger charge is -2.16. The van der Waals surface area contributed by atoms with Crippen LogP contribution in [-0.4, -0.2) is 46.0 Å². The summed E-state index contributed by atoms with van der Waals surface area (Å²) in [6, 6.07) is 12.5. The van der Waals surface area contributed by atoms with Crippen molar-refractivity contribution in [3.8, 4) is 11.5 Å². The van der Waals surface area contributed by atoms with E-state index in [1.807, 2.05) is 6.92 Å². The van der Waals surface area contributed by atoms with E-state index in [2.05, 4.69) is 64.3 Å². The molecule has 0 fully saturated rings. The molecule has 8 heteroatoms. The minimum Gasteiger partial charge on any atom is -0.494 e. The molecule has 0 amide bonds. The Morgan fingerprint density at radius 1 is 1.16 bits per heavy atom. The number of anilines is 1. The predicted octanol–water partition coefficient (Wildman–Crippen LogP) is 3.95. The highest BCUT2D eigenvalue weighted by atomic mass is 127. The van der Waals surface area contributed by atoms with Crippen LogP contribution in [0.4, 0.5) is 5.69 Å². The van der Waals surface area contributed by atoms with Crippen molar-refractivity contribution >= 4 is 35.6 Å². The van der Waals surface area contributed by atoms with Gasteiger partial charge in [0.15, 0.2) is 5.96 Å². The first-order chi connectivity index (χ1) is 15.1. The van der Waals surface area contributed by atoms with Gasteiger partial charge in [0.25, 0.3) is 0 Å². The molecule has 1 heterocycles. The van der Waals surface area contributed by atoms with Crippen LogP contribution in [0.5, 0.6) is 11.5 Å². The Balaban J connectivity index is 0.00000363. The third kappa shape index (κ3) is 7.44. The van der Waals surface area contributed by atoms with Gasteiger partial charge in [0, 0.05) is 57.0 Å². The van der Waals surface area contributed by atoms with Gasteiger partial charge in [-0.1, -0.05) is 12.1 Å². The summed E-state index contributed by atoms with van der Waals surface area (Å²) in [7, 11) is 3.47. The van der Waals surface area contributed by atoms with Crippen molar-refractivity contribution in [1.29, 1.82) is 0 Å². The molecule has 1 aliphatic rings. The van der Waals surface area contributed by atoms with Crippen molar-refractivity contribution in [3.05, 3.63) is 53.1 Å². The number of ether oxygens (including phenoxy) is 3. The third-order valence-corrected chi connectivity index (χ3v) is 5.10. The maximum atomic E-state index is 5.92. The summed E-state index contributed by atoms with van der Waals surface area (Å²) in [5, 5.41) is 10.1. The van der Waals surface area contributed by atoms with E-state index in [-0.39, 0.29) is 30.1 Å². The standard InChI is InChI=1S/C24H34N4O3.HI/c1-5-30-22-13-19-12-17(2)31-23(19)14-20(22)16-28-24(25-3)27-15-18-6-8-21(9-7-18)26-10-11-29-4;/h6-9,13-14,17,26H,5,10-12,15-16H2,1-4H3,(H2,25,27,28);1H. The van der Waals surface area contributed by atoms with E-state index in [4.69, 9.17) is 14.2 Å². The quantitative estimate of drug-likeness (QED) is 0.179. The zero-order chi connectivity index (χ0) is 22.1. The van der Waals surface area contributed by atoms with Crippen LogP contribution in [0, 0.1) is 0 Å². The Hall–Kier alpha value is -2.20. The summed E-state index contributed by atoms with van der Waals surface area (Å²) in [5.74, 6) is 2.59. The molecule has 0 saturated heterocycles. The first-order valence-electron chi connectivity index (χ1n) is 10.8. The zero-order valence-corrected chi connectivity index (χ0v) is 21.7. The van der Waals surface area contributed by atoms with E-state index < -0.39 is 0 Å². The molecule has 176 valence electrons. The van der Waals surface area contributed by atoms with Crippen molar-refractivity contribution in [2.75, 3.05) is 39.2 Å². The van der Waals surface area contributed by atoms with Crippen molar-refractivity contribution in [2.45, 2.75) is 39.5 Å². The molecule has 0 aliphatic carbocycles. The van der Waals surface area contributed by atoms with Gasteiger partial charge >= 0.3 is 0 Å². The molecule has 32 heavy (non-hydrogen) atoms. The molecule has 0 aromatic heterocycles. The third-order valence-electron chi connectivity index (χ3n) is 5.10. The van der Waals surface area contributed by atoms with E-state index in [9.17, 15) is 0 Å². The van der Waals surface area contributed by atoms with Crippen LogP contribution in [0.1, 0.15) is 30.5 Å². The van der Waals surface area contributed by atoms with E-state index in [1.165, 1.54) is 11.1 Å². The number of rotatable bonds is 10. The zero-order valence-electron chi connectivity index (χ0n) is 19.4. The fourth-order valence-electron chi connectivity index (χ4n) is 3.53. The van der Waals surface area contributed by atoms with Crippen LogP contribution in [0.25, 0.3) is 0 Å². The van der Waals surface area contributed by atoms with Crippen LogP contribution in [0.3, 0.4) is 0 Å². The molecule has 1 aliphatic heterocycles. The summed E-state index contributed by atoms with van der Waals surface area (Å²) in [6.45, 7) is 7.48. The van der Waals surface area contributed by atoms with Crippen molar-refractivity contribution < 1.29 is 14.2 Å². The highest BCUT2D eigenvalue weighted by Crippen LogP contribution is 2.35. The Bertz CT molecular complexity index is 874. The Morgan fingerprint density at radius 3 is 2.59 bits per heavy atom. The Morgan fingerprint density at radius 2 is 1.91 bits per heavy atom. The number of fused-ring (bicyclic) bond motifs is 1.